The molecular formula is C12H20O6. The van der Waals surface area contributed by atoms with Gasteiger partial charge in [-0.3, -0.25) is 4.89 Å². The highest BCUT2D eigenvalue weighted by Crippen LogP contribution is 2.12. The summed E-state index contributed by atoms with van der Waals surface area (Å²) in [4.78, 5) is 31.2. The van der Waals surface area contributed by atoms with Crippen LogP contribution in [0.2, 0.25) is 0 Å². The first kappa shape index (κ1) is 16.6. The Morgan fingerprint density at radius 3 is 2.33 bits per heavy atom. The number of hydrogen-bond donors (Lipinski definition) is 1. The van der Waals surface area contributed by atoms with Gasteiger partial charge < -0.3 is 5.11 Å². The van der Waals surface area contributed by atoms with Crippen LogP contribution in [-0.4, -0.2) is 22.6 Å². The van der Waals surface area contributed by atoms with Gasteiger partial charge in [0.25, 0.3) is 0 Å². The SMILES string of the molecule is CCCC/C(=C\C(=O)O)C(=O)OOOC(C)(C)C. The first-order valence-corrected chi connectivity index (χ1v) is 5.76. The summed E-state index contributed by atoms with van der Waals surface area (Å²) in [5.41, 5.74) is -0.581. The van der Waals surface area contributed by atoms with Crippen LogP contribution < -0.4 is 0 Å². The number of unbranched alkanes of at least 4 members (excludes halogenated alkanes) is 1. The third-order valence-corrected chi connectivity index (χ3v) is 1.75. The first-order valence-electron chi connectivity index (χ1n) is 5.76. The minimum Gasteiger partial charge on any atom is -0.478 e. The topological polar surface area (TPSA) is 82.1 Å². The molecule has 0 amide bonds. The van der Waals surface area contributed by atoms with E-state index < -0.39 is 17.5 Å². The molecule has 0 heterocycles. The first-order chi connectivity index (χ1) is 8.26. The standard InChI is InChI=1S/C12H20O6/c1-5-6-7-9(8-10(13)14)11(15)16-18-17-12(2,3)4/h8H,5-7H2,1-4H3,(H,13,14)/b9-8+. The van der Waals surface area contributed by atoms with E-state index in [1.807, 2.05) is 6.92 Å². The summed E-state index contributed by atoms with van der Waals surface area (Å²) in [5.74, 6) is -2.05. The minimum atomic E-state index is -1.20. The van der Waals surface area contributed by atoms with E-state index in [-0.39, 0.29) is 5.57 Å². The van der Waals surface area contributed by atoms with Crippen LogP contribution in [0.4, 0.5) is 0 Å². The molecule has 0 unspecified atom stereocenters. The Morgan fingerprint density at radius 1 is 1.28 bits per heavy atom. The predicted octanol–water partition coefficient (Wildman–Crippen LogP) is 2.39. The van der Waals surface area contributed by atoms with Gasteiger partial charge in [-0.2, -0.15) is 4.89 Å². The summed E-state index contributed by atoms with van der Waals surface area (Å²) in [6, 6.07) is 0. The van der Waals surface area contributed by atoms with Crippen molar-refractivity contribution in [2.75, 3.05) is 0 Å². The van der Waals surface area contributed by atoms with Crippen LogP contribution in [-0.2, 0) is 24.4 Å². The van der Waals surface area contributed by atoms with Crippen LogP contribution in [0.25, 0.3) is 0 Å². The van der Waals surface area contributed by atoms with E-state index in [2.05, 4.69) is 9.93 Å². The van der Waals surface area contributed by atoms with Gasteiger partial charge in [-0.15, -0.1) is 0 Å². The fourth-order valence-corrected chi connectivity index (χ4v) is 0.953. The maximum atomic E-state index is 11.5. The normalized spacial score (nSPS) is 12.3. The third-order valence-electron chi connectivity index (χ3n) is 1.75. The Kier molecular flexibility index (Phi) is 7.23. The zero-order valence-electron chi connectivity index (χ0n) is 11.2. The molecule has 0 aliphatic heterocycles. The summed E-state index contributed by atoms with van der Waals surface area (Å²) < 4.78 is 0. The van der Waals surface area contributed by atoms with Gasteiger partial charge >= 0.3 is 11.9 Å². The monoisotopic (exact) mass is 260 g/mol. The van der Waals surface area contributed by atoms with E-state index in [9.17, 15) is 9.59 Å². The fraction of sp³-hybridized carbons (Fsp3) is 0.667. The molecule has 0 aliphatic carbocycles. The smallest absolute Gasteiger partial charge is 0.372 e. The Morgan fingerprint density at radius 2 is 1.89 bits per heavy atom. The van der Waals surface area contributed by atoms with Crippen molar-refractivity contribution >= 4 is 11.9 Å². The number of carbonyl (C=O) groups excluding carboxylic acids is 1. The number of carbonyl (C=O) groups is 2. The Balaban J connectivity index is 4.35. The molecule has 0 bridgehead atoms. The number of carboxylic acids is 1. The second-order valence-electron chi connectivity index (χ2n) is 4.75. The number of hydrogen-bond acceptors (Lipinski definition) is 5. The van der Waals surface area contributed by atoms with Crippen LogP contribution in [0.1, 0.15) is 47.0 Å². The van der Waals surface area contributed by atoms with E-state index in [0.29, 0.717) is 12.8 Å². The van der Waals surface area contributed by atoms with Crippen molar-refractivity contribution in [3.8, 4) is 0 Å². The average Bonchev–Trinajstić information content (AvgIpc) is 2.21. The van der Waals surface area contributed by atoms with Crippen LogP contribution in [0.5, 0.6) is 0 Å². The lowest BCUT2D eigenvalue weighted by molar-refractivity contribution is -0.513. The number of carboxylic acid groups (broad SMARTS) is 1. The van der Waals surface area contributed by atoms with Crippen molar-refractivity contribution in [1.82, 2.24) is 0 Å². The van der Waals surface area contributed by atoms with Crippen molar-refractivity contribution in [3.63, 3.8) is 0 Å². The average molecular weight is 260 g/mol. The van der Waals surface area contributed by atoms with Gasteiger partial charge in [0, 0.05) is 11.6 Å². The van der Waals surface area contributed by atoms with Crippen molar-refractivity contribution in [3.05, 3.63) is 11.6 Å². The molecule has 0 atom stereocenters. The van der Waals surface area contributed by atoms with Crippen molar-refractivity contribution in [2.45, 2.75) is 52.6 Å². The van der Waals surface area contributed by atoms with Gasteiger partial charge in [-0.1, -0.05) is 13.3 Å². The predicted molar refractivity (Wildman–Crippen MR) is 63.3 cm³/mol. The molecule has 0 radical (unpaired) electrons. The van der Waals surface area contributed by atoms with Crippen LogP contribution in [0, 0.1) is 0 Å². The summed E-state index contributed by atoms with van der Waals surface area (Å²) >= 11 is 0. The molecular weight excluding hydrogens is 240 g/mol. The second-order valence-corrected chi connectivity index (χ2v) is 4.75. The second kappa shape index (κ2) is 7.84. The van der Waals surface area contributed by atoms with E-state index >= 15 is 0 Å². The third kappa shape index (κ3) is 8.72. The van der Waals surface area contributed by atoms with Gasteiger partial charge in [-0.25, -0.2) is 9.59 Å². The van der Waals surface area contributed by atoms with Crippen molar-refractivity contribution in [2.24, 2.45) is 0 Å². The van der Waals surface area contributed by atoms with E-state index in [1.54, 1.807) is 20.8 Å². The molecule has 18 heavy (non-hydrogen) atoms. The Labute approximate surface area is 106 Å². The highest BCUT2D eigenvalue weighted by atomic mass is 17.5. The molecule has 6 heteroatoms. The molecule has 0 aliphatic rings. The van der Waals surface area contributed by atoms with Gasteiger partial charge in [0.15, 0.2) is 0 Å². The fourth-order valence-electron chi connectivity index (χ4n) is 0.953. The van der Waals surface area contributed by atoms with E-state index in [0.717, 1.165) is 12.5 Å². The molecule has 0 aromatic carbocycles. The van der Waals surface area contributed by atoms with Crippen LogP contribution in [0.15, 0.2) is 11.6 Å². The molecule has 0 aromatic rings. The van der Waals surface area contributed by atoms with Gasteiger partial charge in [0.2, 0.25) is 0 Å². The van der Waals surface area contributed by atoms with Gasteiger partial charge in [-0.05, 0) is 38.7 Å². The molecule has 0 saturated carbocycles. The summed E-state index contributed by atoms with van der Waals surface area (Å²) in [6.45, 7) is 7.08. The largest absolute Gasteiger partial charge is 0.478 e. The Bertz CT molecular complexity index is 313. The zero-order chi connectivity index (χ0) is 14.2. The van der Waals surface area contributed by atoms with Crippen LogP contribution in [0.3, 0.4) is 0 Å². The summed E-state index contributed by atoms with van der Waals surface area (Å²) in [7, 11) is 0. The van der Waals surface area contributed by atoms with E-state index in [1.165, 1.54) is 0 Å². The minimum absolute atomic E-state index is 0.0434. The lowest BCUT2D eigenvalue weighted by atomic mass is 10.1. The molecule has 0 spiro atoms. The molecule has 0 fully saturated rings. The molecule has 1 N–H and O–H groups in total. The summed E-state index contributed by atoms with van der Waals surface area (Å²) in [6.07, 6.45) is 2.66. The van der Waals surface area contributed by atoms with Crippen molar-refractivity contribution in [1.29, 1.82) is 0 Å². The summed E-state index contributed by atoms with van der Waals surface area (Å²) in [5, 5.41) is 12.9. The molecule has 0 aromatic heterocycles. The van der Waals surface area contributed by atoms with Gasteiger partial charge in [0.1, 0.15) is 0 Å². The molecule has 0 rings (SSSR count). The molecule has 104 valence electrons. The highest BCUT2D eigenvalue weighted by molar-refractivity contribution is 5.95. The lowest BCUT2D eigenvalue weighted by Crippen LogP contribution is -2.21. The maximum Gasteiger partial charge on any atom is 0.372 e. The lowest BCUT2D eigenvalue weighted by Gasteiger charge is -2.15. The zero-order valence-corrected chi connectivity index (χ0v) is 11.2. The van der Waals surface area contributed by atoms with Gasteiger partial charge in [0.05, 0.1) is 5.60 Å². The van der Waals surface area contributed by atoms with Crippen molar-refractivity contribution < 1.29 is 29.5 Å². The molecule has 0 saturated heterocycles. The number of rotatable bonds is 7. The quantitative estimate of drug-likeness (QED) is 0.430. The highest BCUT2D eigenvalue weighted by Gasteiger charge is 2.17. The van der Waals surface area contributed by atoms with E-state index in [4.69, 9.17) is 9.99 Å². The molecule has 6 nitrogen and oxygen atoms in total. The maximum absolute atomic E-state index is 11.5. The number of aliphatic carboxylic acids is 1. The van der Waals surface area contributed by atoms with Crippen LogP contribution >= 0.6 is 0 Å². The Hall–Kier alpha value is -1.40.